The van der Waals surface area contributed by atoms with E-state index in [4.69, 9.17) is 14.6 Å². The zero-order chi connectivity index (χ0) is 13.1. The quantitative estimate of drug-likeness (QED) is 0.689. The lowest BCUT2D eigenvalue weighted by molar-refractivity contribution is -0.156. The van der Waals surface area contributed by atoms with Crippen LogP contribution in [0.3, 0.4) is 0 Å². The molecule has 0 aliphatic heterocycles. The predicted molar refractivity (Wildman–Crippen MR) is 53.3 cm³/mol. The van der Waals surface area contributed by atoms with Gasteiger partial charge in [-0.25, -0.2) is 0 Å². The molecule has 0 radical (unpaired) electrons. The molecule has 0 heterocycles. The molecule has 0 rings (SSSR count). The molecule has 0 unspecified atom stereocenters. The molecule has 0 bridgehead atoms. The minimum absolute atomic E-state index is 0.103. The number of nitrogens with two attached hydrogens (primary N) is 1. The van der Waals surface area contributed by atoms with Crippen LogP contribution in [0.5, 0.6) is 0 Å². The molecule has 0 amide bonds. The van der Waals surface area contributed by atoms with E-state index in [-0.39, 0.29) is 6.42 Å². The molecule has 2 atom stereocenters. The molecule has 0 fully saturated rings. The van der Waals surface area contributed by atoms with Gasteiger partial charge in [-0.1, -0.05) is 13.8 Å². The zero-order valence-electron chi connectivity index (χ0n) is 11.8. The van der Waals surface area contributed by atoms with Gasteiger partial charge in [0.2, 0.25) is 0 Å². The average molecular weight is 190 g/mol. The summed E-state index contributed by atoms with van der Waals surface area (Å²) in [6, 6.07) is -0.880. The van der Waals surface area contributed by atoms with Gasteiger partial charge in [-0.15, -0.1) is 0 Å². The van der Waals surface area contributed by atoms with Gasteiger partial charge in [-0.2, -0.15) is 0 Å². The van der Waals surface area contributed by atoms with Crippen LogP contribution in [0.15, 0.2) is 0 Å². The van der Waals surface area contributed by atoms with Crippen LogP contribution in [0.2, 0.25) is 0 Å². The number of ether oxygens (including phenoxy) is 1. The molecule has 13 heavy (non-hydrogen) atoms. The van der Waals surface area contributed by atoms with Crippen LogP contribution >= 0.6 is 0 Å². The van der Waals surface area contributed by atoms with E-state index in [0.717, 1.165) is 0 Å². The van der Waals surface area contributed by atoms with Crippen LogP contribution in [0, 0.1) is 5.92 Å². The fourth-order valence-electron chi connectivity index (χ4n) is 0.855. The third-order valence-electron chi connectivity index (χ3n) is 1.32. The van der Waals surface area contributed by atoms with Gasteiger partial charge in [0.15, 0.2) is 0 Å². The topological polar surface area (TPSA) is 52.3 Å². The summed E-state index contributed by atoms with van der Waals surface area (Å²) in [5.41, 5.74) is 5.00. The first-order valence-corrected chi connectivity index (χ1v) is 4.42. The Morgan fingerprint density at radius 2 is 2.15 bits per heavy atom. The molecular formula is C10H21NO2. The maximum atomic E-state index is 11.5. The lowest BCUT2D eigenvalue weighted by atomic mass is 10.0. The van der Waals surface area contributed by atoms with Crippen LogP contribution in [-0.4, -0.2) is 17.6 Å². The molecule has 3 heteroatoms. The highest BCUT2D eigenvalue weighted by atomic mass is 16.6. The number of hydrogen-bond donors (Lipinski definition) is 1. The maximum absolute atomic E-state index is 11.5. The number of rotatable bonds is 3. The lowest BCUT2D eigenvalue weighted by Gasteiger charge is -2.22. The minimum atomic E-state index is -2.08. The third-order valence-corrected chi connectivity index (χ3v) is 1.32. The van der Waals surface area contributed by atoms with Gasteiger partial charge in [-0.3, -0.25) is 4.79 Å². The Morgan fingerprint density at radius 1 is 1.62 bits per heavy atom. The van der Waals surface area contributed by atoms with E-state index >= 15 is 0 Å². The number of carbonyl (C=O) groups is 1. The molecule has 0 saturated carbocycles. The molecule has 0 aromatic rings. The zero-order valence-corrected chi connectivity index (χ0v) is 8.76. The van der Waals surface area contributed by atoms with E-state index in [1.807, 2.05) is 0 Å². The van der Waals surface area contributed by atoms with Gasteiger partial charge >= 0.3 is 5.97 Å². The van der Waals surface area contributed by atoms with E-state index in [0.29, 0.717) is 0 Å². The first-order valence-electron chi connectivity index (χ1n) is 5.92. The summed E-state index contributed by atoms with van der Waals surface area (Å²) in [5, 5.41) is 0. The highest BCUT2D eigenvalue weighted by molar-refractivity contribution is 5.75. The van der Waals surface area contributed by atoms with Crippen LogP contribution in [-0.2, 0) is 9.53 Å². The normalized spacial score (nSPS) is 20.8. The summed E-state index contributed by atoms with van der Waals surface area (Å²) >= 11 is 0. The van der Waals surface area contributed by atoms with Crippen LogP contribution in [0.25, 0.3) is 0 Å². The Kier molecular flexibility index (Phi) is 2.76. The highest BCUT2D eigenvalue weighted by Crippen LogP contribution is 2.11. The second-order valence-electron chi connectivity index (χ2n) is 4.28. The van der Waals surface area contributed by atoms with Crippen molar-refractivity contribution in [1.82, 2.24) is 0 Å². The largest absolute Gasteiger partial charge is 0.459 e. The van der Waals surface area contributed by atoms with Crippen molar-refractivity contribution in [1.29, 1.82) is 0 Å². The smallest absolute Gasteiger partial charge is 0.323 e. The summed E-state index contributed by atoms with van der Waals surface area (Å²) in [6.07, 6.45) is 0.103. The monoisotopic (exact) mass is 190 g/mol. The molecule has 0 saturated heterocycles. The van der Waals surface area contributed by atoms with Gasteiger partial charge in [0, 0.05) is 4.11 Å². The van der Waals surface area contributed by atoms with Crippen molar-refractivity contribution in [3.05, 3.63) is 0 Å². The van der Waals surface area contributed by atoms with Crippen LogP contribution in [0.1, 0.15) is 45.1 Å². The molecule has 0 aliphatic rings. The Balaban J connectivity index is 4.27. The molecule has 3 nitrogen and oxygen atoms in total. The molecule has 0 spiro atoms. The summed E-state index contributed by atoms with van der Waals surface area (Å²) in [4.78, 5) is 11.5. The van der Waals surface area contributed by atoms with Crippen molar-refractivity contribution in [2.75, 3.05) is 0 Å². The fourth-order valence-corrected chi connectivity index (χ4v) is 0.855. The number of carbonyl (C=O) groups excluding carboxylic acids is 1. The van der Waals surface area contributed by atoms with Crippen LogP contribution < -0.4 is 5.73 Å². The number of hydrogen-bond acceptors (Lipinski definition) is 3. The van der Waals surface area contributed by atoms with Gasteiger partial charge in [0.05, 0.1) is 0 Å². The van der Waals surface area contributed by atoms with E-state index in [1.54, 1.807) is 27.7 Å². The average Bonchev–Trinajstić information content (AvgIpc) is 1.98. The molecular weight excluding hydrogens is 166 g/mol. The standard InChI is InChI=1S/C10H21NO2/c1-7(2)6-8(11)9(12)13-10(3,4)5/h7-8H,6,11H2,1-5H3/t8-/m0/s1/i1D3/t7-,8-. The number of esters is 1. The summed E-state index contributed by atoms with van der Waals surface area (Å²) in [6.45, 7) is 4.69. The van der Waals surface area contributed by atoms with Crippen molar-refractivity contribution in [2.24, 2.45) is 11.7 Å². The summed E-state index contributed by atoms with van der Waals surface area (Å²) in [5.74, 6) is -1.17. The van der Waals surface area contributed by atoms with Crippen LogP contribution in [0.4, 0.5) is 0 Å². The third kappa shape index (κ3) is 6.58. The van der Waals surface area contributed by atoms with Gasteiger partial charge in [0.25, 0.3) is 0 Å². The SMILES string of the molecule is [2H]C([2H])([2H])[C@@H](C)C[C@H](N)C(=O)OC(C)(C)C. The highest BCUT2D eigenvalue weighted by Gasteiger charge is 2.22. The predicted octanol–water partition coefficient (Wildman–Crippen LogP) is 1.70. The summed E-state index contributed by atoms with van der Waals surface area (Å²) < 4.78 is 26.6. The second kappa shape index (κ2) is 4.61. The Bertz CT molecular complexity index is 245. The van der Waals surface area contributed by atoms with E-state index in [9.17, 15) is 4.79 Å². The van der Waals surface area contributed by atoms with E-state index in [1.165, 1.54) is 0 Å². The van der Waals surface area contributed by atoms with Crippen molar-refractivity contribution in [2.45, 2.75) is 52.6 Å². The molecule has 0 aromatic heterocycles. The van der Waals surface area contributed by atoms with Gasteiger partial charge < -0.3 is 10.5 Å². The van der Waals surface area contributed by atoms with Crippen molar-refractivity contribution < 1.29 is 13.6 Å². The van der Waals surface area contributed by atoms with Gasteiger partial charge in [0.1, 0.15) is 11.6 Å². The van der Waals surface area contributed by atoms with Crippen molar-refractivity contribution >= 4 is 5.97 Å². The summed E-state index contributed by atoms with van der Waals surface area (Å²) in [7, 11) is 0. The molecule has 0 aliphatic carbocycles. The van der Waals surface area contributed by atoms with Crippen molar-refractivity contribution in [3.8, 4) is 0 Å². The van der Waals surface area contributed by atoms with E-state index in [2.05, 4.69) is 0 Å². The molecule has 2 N–H and O–H groups in total. The Hall–Kier alpha value is -0.570. The first-order chi connectivity index (χ1) is 6.93. The second-order valence-corrected chi connectivity index (χ2v) is 4.28. The van der Waals surface area contributed by atoms with Crippen molar-refractivity contribution in [3.63, 3.8) is 0 Å². The lowest BCUT2D eigenvalue weighted by Crippen LogP contribution is -2.38. The first kappa shape index (κ1) is 7.80. The molecule has 78 valence electrons. The Morgan fingerprint density at radius 3 is 2.54 bits per heavy atom. The molecule has 0 aromatic carbocycles. The minimum Gasteiger partial charge on any atom is -0.459 e. The Labute approximate surface area is 84.9 Å². The van der Waals surface area contributed by atoms with E-state index < -0.39 is 30.4 Å². The fraction of sp³-hybridized carbons (Fsp3) is 0.900. The maximum Gasteiger partial charge on any atom is 0.323 e. The van der Waals surface area contributed by atoms with Gasteiger partial charge in [-0.05, 0) is 33.1 Å².